The van der Waals surface area contributed by atoms with Crippen molar-refractivity contribution in [1.82, 2.24) is 0 Å². The maximum Gasteiger partial charge on any atom is 0.163 e. The molecule has 0 unspecified atom stereocenters. The van der Waals surface area contributed by atoms with Crippen LogP contribution in [0.5, 0.6) is 11.5 Å². The first kappa shape index (κ1) is 15.0. The van der Waals surface area contributed by atoms with E-state index in [2.05, 4.69) is 12.2 Å². The minimum absolute atomic E-state index is 0.00131. The summed E-state index contributed by atoms with van der Waals surface area (Å²) in [4.78, 5) is 0. The van der Waals surface area contributed by atoms with Crippen molar-refractivity contribution in [3.05, 3.63) is 18.2 Å². The van der Waals surface area contributed by atoms with Gasteiger partial charge in [-0.2, -0.15) is 0 Å². The predicted octanol–water partition coefficient (Wildman–Crippen LogP) is 3.06. The van der Waals surface area contributed by atoms with Gasteiger partial charge in [0.25, 0.3) is 0 Å². The Labute approximate surface area is 121 Å². The molecular weight excluding hydrogens is 254 g/mol. The summed E-state index contributed by atoms with van der Waals surface area (Å²) in [6.07, 6.45) is 5.03. The number of benzene rings is 1. The second-order valence-electron chi connectivity index (χ2n) is 5.54. The van der Waals surface area contributed by atoms with Gasteiger partial charge in [0.05, 0.1) is 13.7 Å². The van der Waals surface area contributed by atoms with Crippen molar-refractivity contribution < 1.29 is 14.6 Å². The third kappa shape index (κ3) is 4.04. The van der Waals surface area contributed by atoms with E-state index in [0.29, 0.717) is 17.5 Å². The van der Waals surface area contributed by atoms with Gasteiger partial charge in [-0.1, -0.05) is 6.92 Å². The minimum atomic E-state index is 0.00131. The maximum absolute atomic E-state index is 8.86. The van der Waals surface area contributed by atoms with Crippen molar-refractivity contribution in [3.63, 3.8) is 0 Å². The molecule has 0 atom stereocenters. The number of hydrogen-bond acceptors (Lipinski definition) is 4. The van der Waals surface area contributed by atoms with Crippen molar-refractivity contribution in [2.45, 2.75) is 38.6 Å². The highest BCUT2D eigenvalue weighted by Crippen LogP contribution is 2.32. The van der Waals surface area contributed by atoms with E-state index in [4.69, 9.17) is 14.6 Å². The summed E-state index contributed by atoms with van der Waals surface area (Å²) in [5, 5.41) is 12.4. The molecule has 20 heavy (non-hydrogen) atoms. The van der Waals surface area contributed by atoms with Crippen LogP contribution in [0.3, 0.4) is 0 Å². The second-order valence-corrected chi connectivity index (χ2v) is 5.54. The van der Waals surface area contributed by atoms with E-state index in [1.165, 1.54) is 25.7 Å². The van der Waals surface area contributed by atoms with Crippen molar-refractivity contribution in [3.8, 4) is 11.5 Å². The van der Waals surface area contributed by atoms with Gasteiger partial charge in [0.15, 0.2) is 11.5 Å². The van der Waals surface area contributed by atoms with Gasteiger partial charge in [0.1, 0.15) is 6.61 Å². The van der Waals surface area contributed by atoms with Crippen molar-refractivity contribution in [1.29, 1.82) is 0 Å². The summed E-state index contributed by atoms with van der Waals surface area (Å²) in [6.45, 7) is 2.60. The van der Waals surface area contributed by atoms with E-state index < -0.39 is 0 Å². The molecule has 1 aliphatic rings. The van der Waals surface area contributed by atoms with Gasteiger partial charge in [0, 0.05) is 17.8 Å². The fraction of sp³-hybridized carbons (Fsp3) is 0.625. The van der Waals surface area contributed by atoms with Crippen LogP contribution in [0.1, 0.15) is 32.6 Å². The lowest BCUT2D eigenvalue weighted by Gasteiger charge is -2.28. The third-order valence-corrected chi connectivity index (χ3v) is 3.90. The quantitative estimate of drug-likeness (QED) is 0.840. The first-order valence-electron chi connectivity index (χ1n) is 7.41. The number of methoxy groups -OCH3 is 1. The molecule has 1 aromatic rings. The zero-order valence-electron chi connectivity index (χ0n) is 12.4. The van der Waals surface area contributed by atoms with E-state index in [1.54, 1.807) is 7.11 Å². The van der Waals surface area contributed by atoms with Gasteiger partial charge in [-0.15, -0.1) is 0 Å². The lowest BCUT2D eigenvalue weighted by molar-refractivity contribution is 0.196. The summed E-state index contributed by atoms with van der Waals surface area (Å²) < 4.78 is 10.8. The van der Waals surface area contributed by atoms with Crippen molar-refractivity contribution in [2.24, 2.45) is 5.92 Å². The molecule has 0 amide bonds. The van der Waals surface area contributed by atoms with Crippen LogP contribution >= 0.6 is 0 Å². The van der Waals surface area contributed by atoms with Gasteiger partial charge >= 0.3 is 0 Å². The number of rotatable bonds is 6. The summed E-state index contributed by atoms with van der Waals surface area (Å²) in [5.74, 6) is 2.23. The van der Waals surface area contributed by atoms with Crippen LogP contribution in [0.15, 0.2) is 18.2 Å². The molecule has 4 nitrogen and oxygen atoms in total. The van der Waals surface area contributed by atoms with Crippen LogP contribution in [0.2, 0.25) is 0 Å². The maximum atomic E-state index is 8.86. The van der Waals surface area contributed by atoms with E-state index in [9.17, 15) is 0 Å². The Morgan fingerprint density at radius 3 is 2.60 bits per heavy atom. The minimum Gasteiger partial charge on any atom is -0.493 e. The van der Waals surface area contributed by atoms with E-state index in [-0.39, 0.29) is 13.2 Å². The fourth-order valence-electron chi connectivity index (χ4n) is 2.68. The summed E-state index contributed by atoms with van der Waals surface area (Å²) >= 11 is 0. The molecule has 112 valence electrons. The molecule has 0 bridgehead atoms. The predicted molar refractivity (Wildman–Crippen MR) is 80.6 cm³/mol. The SMILES string of the molecule is COc1ccc(NC2CCC(C)CC2)cc1OCCO. The number of hydrogen-bond donors (Lipinski definition) is 2. The Morgan fingerprint density at radius 2 is 1.95 bits per heavy atom. The van der Waals surface area contributed by atoms with E-state index in [1.807, 2.05) is 18.2 Å². The Balaban J connectivity index is 2.00. The lowest BCUT2D eigenvalue weighted by Crippen LogP contribution is -2.25. The molecule has 2 rings (SSSR count). The number of nitrogens with one attached hydrogen (secondary N) is 1. The molecule has 0 saturated heterocycles. The molecule has 0 spiro atoms. The highest BCUT2D eigenvalue weighted by atomic mass is 16.5. The number of aliphatic hydroxyl groups is 1. The van der Waals surface area contributed by atoms with Gasteiger partial charge in [-0.05, 0) is 43.7 Å². The average molecular weight is 279 g/mol. The monoisotopic (exact) mass is 279 g/mol. The normalized spacial score (nSPS) is 22.4. The van der Waals surface area contributed by atoms with Gasteiger partial charge < -0.3 is 19.9 Å². The van der Waals surface area contributed by atoms with E-state index in [0.717, 1.165) is 11.6 Å². The largest absolute Gasteiger partial charge is 0.493 e. The molecule has 0 aromatic heterocycles. The smallest absolute Gasteiger partial charge is 0.163 e. The molecule has 1 fully saturated rings. The topological polar surface area (TPSA) is 50.7 Å². The highest BCUT2D eigenvalue weighted by molar-refractivity contribution is 5.55. The zero-order valence-corrected chi connectivity index (χ0v) is 12.4. The first-order valence-corrected chi connectivity index (χ1v) is 7.41. The molecule has 0 radical (unpaired) electrons. The molecule has 2 N–H and O–H groups in total. The lowest BCUT2D eigenvalue weighted by atomic mass is 9.87. The molecule has 1 aromatic carbocycles. The van der Waals surface area contributed by atoms with Crippen LogP contribution in [0.25, 0.3) is 0 Å². The second kappa shape index (κ2) is 7.39. The Morgan fingerprint density at radius 1 is 1.20 bits per heavy atom. The molecule has 4 heteroatoms. The Bertz CT molecular complexity index is 414. The number of aliphatic hydroxyl groups excluding tert-OH is 1. The first-order chi connectivity index (χ1) is 9.72. The Hall–Kier alpha value is -1.42. The van der Waals surface area contributed by atoms with Gasteiger partial charge in [-0.25, -0.2) is 0 Å². The highest BCUT2D eigenvalue weighted by Gasteiger charge is 2.18. The van der Waals surface area contributed by atoms with Crippen LogP contribution in [-0.4, -0.2) is 31.5 Å². The van der Waals surface area contributed by atoms with Crippen LogP contribution < -0.4 is 14.8 Å². The summed E-state index contributed by atoms with van der Waals surface area (Å²) in [6, 6.07) is 6.42. The van der Waals surface area contributed by atoms with Crippen LogP contribution in [0, 0.1) is 5.92 Å². The van der Waals surface area contributed by atoms with Gasteiger partial charge in [-0.3, -0.25) is 0 Å². The molecule has 0 aliphatic heterocycles. The van der Waals surface area contributed by atoms with Crippen LogP contribution in [-0.2, 0) is 0 Å². The standard InChI is InChI=1S/C16H25NO3/c1-12-3-5-13(6-4-12)17-14-7-8-15(19-2)16(11-14)20-10-9-18/h7-8,11-13,17-18H,3-6,9-10H2,1-2H3. The number of ether oxygens (including phenoxy) is 2. The Kier molecular flexibility index (Phi) is 5.53. The van der Waals surface area contributed by atoms with Gasteiger partial charge in [0.2, 0.25) is 0 Å². The molecule has 1 saturated carbocycles. The fourth-order valence-corrected chi connectivity index (χ4v) is 2.68. The molecule has 0 heterocycles. The summed E-state index contributed by atoms with van der Waals surface area (Å²) in [5.41, 5.74) is 1.05. The third-order valence-electron chi connectivity index (χ3n) is 3.90. The van der Waals surface area contributed by atoms with Crippen LogP contribution in [0.4, 0.5) is 5.69 Å². The molecule has 1 aliphatic carbocycles. The average Bonchev–Trinajstić information content (AvgIpc) is 2.47. The van der Waals surface area contributed by atoms with Crippen molar-refractivity contribution in [2.75, 3.05) is 25.6 Å². The number of anilines is 1. The summed E-state index contributed by atoms with van der Waals surface area (Å²) in [7, 11) is 1.62. The van der Waals surface area contributed by atoms with Crippen molar-refractivity contribution >= 4 is 5.69 Å². The van der Waals surface area contributed by atoms with E-state index >= 15 is 0 Å². The zero-order chi connectivity index (χ0) is 14.4. The molecular formula is C16H25NO3.